The van der Waals surface area contributed by atoms with Crippen LogP contribution in [0.4, 0.5) is 0 Å². The molecule has 0 aliphatic heterocycles. The number of hydrogen-bond donors (Lipinski definition) is 1. The molecule has 29 heavy (non-hydrogen) atoms. The molecule has 0 amide bonds. The number of carbonyl (C=O) groups is 1. The van der Waals surface area contributed by atoms with Crippen LogP contribution in [-0.4, -0.2) is 33.2 Å². The second kappa shape index (κ2) is 7.92. The highest BCUT2D eigenvalue weighted by Crippen LogP contribution is 2.29. The molecule has 0 aliphatic carbocycles. The minimum atomic E-state index is -1.20. The molecule has 1 aromatic heterocycles. The van der Waals surface area contributed by atoms with E-state index in [9.17, 15) is 9.90 Å². The number of ether oxygens (including phenoxy) is 2. The number of rotatable bonds is 6. The van der Waals surface area contributed by atoms with Crippen molar-refractivity contribution >= 4 is 32.7 Å². The summed E-state index contributed by atoms with van der Waals surface area (Å²) in [5, 5.41) is 19.2. The van der Waals surface area contributed by atoms with Crippen molar-refractivity contribution in [2.45, 2.75) is 6.54 Å². The minimum absolute atomic E-state index is 0.0739. The van der Waals surface area contributed by atoms with Crippen molar-refractivity contribution in [2.75, 3.05) is 7.11 Å². The zero-order chi connectivity index (χ0) is 20.4. The number of aromatic carboxylic acids is 1. The molecule has 0 unspecified atom stereocenters. The number of benzene rings is 3. The van der Waals surface area contributed by atoms with Crippen molar-refractivity contribution in [1.82, 2.24) is 15.0 Å². The Bertz CT molecular complexity index is 1190. The van der Waals surface area contributed by atoms with Gasteiger partial charge in [-0.15, -0.1) is 5.10 Å². The molecule has 4 rings (SSSR count). The summed E-state index contributed by atoms with van der Waals surface area (Å²) in [6, 6.07) is 18.8. The van der Waals surface area contributed by atoms with Gasteiger partial charge in [-0.2, -0.15) is 0 Å². The fourth-order valence-electron chi connectivity index (χ4n) is 2.92. The van der Waals surface area contributed by atoms with Gasteiger partial charge in [-0.05, 0) is 52.7 Å². The molecule has 0 atom stereocenters. The maximum atomic E-state index is 11.6. The molecule has 1 heterocycles. The highest BCUT2D eigenvalue weighted by molar-refractivity contribution is 9.10. The fraction of sp³-hybridized carbons (Fsp3) is 0.0952. The Morgan fingerprint density at radius 1 is 1.03 bits per heavy atom. The smallest absolute Gasteiger partial charge is 0.362 e. The van der Waals surface area contributed by atoms with Crippen LogP contribution in [0.3, 0.4) is 0 Å². The van der Waals surface area contributed by atoms with Gasteiger partial charge in [0.25, 0.3) is 5.88 Å². The molecule has 0 saturated heterocycles. The maximum absolute atomic E-state index is 11.6. The predicted octanol–water partition coefficient (Wildman–Crippen LogP) is 4.74. The van der Waals surface area contributed by atoms with Gasteiger partial charge in [-0.3, -0.25) is 0 Å². The molecular weight excluding hydrogens is 438 g/mol. The molecular formula is C21H16BrN3O4. The van der Waals surface area contributed by atoms with Crippen LogP contribution in [0.1, 0.15) is 16.1 Å². The number of methoxy groups -OCH3 is 1. The summed E-state index contributed by atoms with van der Waals surface area (Å²) in [4.78, 5) is 11.6. The molecule has 0 saturated carbocycles. The Hall–Kier alpha value is -3.39. The zero-order valence-electron chi connectivity index (χ0n) is 15.4. The van der Waals surface area contributed by atoms with Gasteiger partial charge in [0.05, 0.1) is 13.7 Å². The fourth-order valence-corrected chi connectivity index (χ4v) is 3.30. The van der Waals surface area contributed by atoms with Crippen molar-refractivity contribution < 1.29 is 19.4 Å². The Balaban J connectivity index is 1.67. The molecule has 8 heteroatoms. The maximum Gasteiger partial charge on any atom is 0.362 e. The second-order valence-corrected chi connectivity index (χ2v) is 7.23. The van der Waals surface area contributed by atoms with Crippen LogP contribution in [0, 0.1) is 0 Å². The number of halogens is 1. The minimum Gasteiger partial charge on any atom is -0.497 e. The van der Waals surface area contributed by atoms with E-state index in [1.807, 2.05) is 54.6 Å². The third-order valence-corrected chi connectivity index (χ3v) is 4.87. The van der Waals surface area contributed by atoms with E-state index in [4.69, 9.17) is 9.47 Å². The van der Waals surface area contributed by atoms with E-state index in [0.717, 1.165) is 26.6 Å². The summed E-state index contributed by atoms with van der Waals surface area (Å²) in [5.41, 5.74) is 0.662. The number of nitrogens with zero attached hydrogens (tertiary/aromatic N) is 3. The van der Waals surface area contributed by atoms with E-state index in [0.29, 0.717) is 12.3 Å². The van der Waals surface area contributed by atoms with Gasteiger partial charge in [0, 0.05) is 4.47 Å². The highest BCUT2D eigenvalue weighted by atomic mass is 79.9. The summed E-state index contributed by atoms with van der Waals surface area (Å²) in [6.07, 6.45) is 0. The Morgan fingerprint density at radius 3 is 2.45 bits per heavy atom. The second-order valence-electron chi connectivity index (χ2n) is 6.31. The van der Waals surface area contributed by atoms with Crippen LogP contribution < -0.4 is 9.47 Å². The molecule has 0 spiro atoms. The summed E-state index contributed by atoms with van der Waals surface area (Å²) in [5.74, 6) is 0.105. The molecule has 3 aromatic carbocycles. The summed E-state index contributed by atoms with van der Waals surface area (Å²) in [7, 11) is 1.60. The van der Waals surface area contributed by atoms with Gasteiger partial charge in [0.2, 0.25) is 5.69 Å². The summed E-state index contributed by atoms with van der Waals surface area (Å²) in [6.45, 7) is 0.306. The van der Waals surface area contributed by atoms with E-state index in [1.54, 1.807) is 13.2 Å². The monoisotopic (exact) mass is 453 g/mol. The van der Waals surface area contributed by atoms with E-state index in [2.05, 4.69) is 26.2 Å². The summed E-state index contributed by atoms with van der Waals surface area (Å²) >= 11 is 3.45. The molecule has 0 bridgehead atoms. The van der Waals surface area contributed by atoms with Crippen LogP contribution in [0.25, 0.3) is 10.8 Å². The van der Waals surface area contributed by atoms with Crippen molar-refractivity contribution in [2.24, 2.45) is 0 Å². The first-order chi connectivity index (χ1) is 14.0. The first-order valence-corrected chi connectivity index (χ1v) is 9.49. The number of carboxylic acid groups (broad SMARTS) is 1. The van der Waals surface area contributed by atoms with Crippen LogP contribution >= 0.6 is 15.9 Å². The predicted molar refractivity (Wildman–Crippen MR) is 111 cm³/mol. The van der Waals surface area contributed by atoms with E-state index in [-0.39, 0.29) is 11.6 Å². The normalized spacial score (nSPS) is 10.8. The average Bonchev–Trinajstić information content (AvgIpc) is 3.11. The Labute approximate surface area is 174 Å². The molecule has 1 N–H and O–H groups in total. The standard InChI is InChI=1S/C21H16BrN3O4/c1-28-17-7-2-13(3-8-17)12-25-20(19(21(26)27)23-24-25)29-18-9-5-14-10-16(22)6-4-15(14)11-18/h2-11H,12H2,1H3,(H,26,27). The van der Waals surface area contributed by atoms with Crippen molar-refractivity contribution in [3.8, 4) is 17.4 Å². The number of carboxylic acids is 1. The van der Waals surface area contributed by atoms with E-state index >= 15 is 0 Å². The van der Waals surface area contributed by atoms with Crippen molar-refractivity contribution in [1.29, 1.82) is 0 Å². The van der Waals surface area contributed by atoms with Crippen LogP contribution in [0.5, 0.6) is 17.4 Å². The molecule has 0 fully saturated rings. The zero-order valence-corrected chi connectivity index (χ0v) is 17.0. The first kappa shape index (κ1) is 18.9. The van der Waals surface area contributed by atoms with Gasteiger partial charge >= 0.3 is 5.97 Å². The van der Waals surface area contributed by atoms with Gasteiger partial charge in [-0.1, -0.05) is 45.4 Å². The topological polar surface area (TPSA) is 86.5 Å². The first-order valence-electron chi connectivity index (χ1n) is 8.70. The lowest BCUT2D eigenvalue weighted by Gasteiger charge is -2.10. The third kappa shape index (κ3) is 4.07. The van der Waals surface area contributed by atoms with Crippen LogP contribution in [-0.2, 0) is 6.54 Å². The van der Waals surface area contributed by atoms with Gasteiger partial charge in [0.15, 0.2) is 0 Å². The SMILES string of the molecule is COc1ccc(Cn2nnc(C(=O)O)c2Oc2ccc3cc(Br)ccc3c2)cc1. The Kier molecular flexibility index (Phi) is 5.18. The molecule has 7 nitrogen and oxygen atoms in total. The largest absolute Gasteiger partial charge is 0.497 e. The van der Waals surface area contributed by atoms with Crippen molar-refractivity contribution in [3.63, 3.8) is 0 Å². The molecule has 4 aromatic rings. The number of aromatic nitrogens is 3. The van der Waals surface area contributed by atoms with E-state index in [1.165, 1.54) is 4.68 Å². The highest BCUT2D eigenvalue weighted by Gasteiger charge is 2.22. The molecule has 0 aliphatic rings. The molecule has 0 radical (unpaired) electrons. The number of fused-ring (bicyclic) bond motifs is 1. The number of hydrogen-bond acceptors (Lipinski definition) is 5. The third-order valence-electron chi connectivity index (χ3n) is 4.37. The lowest BCUT2D eigenvalue weighted by Crippen LogP contribution is -2.06. The van der Waals surface area contributed by atoms with Gasteiger partial charge in [-0.25, -0.2) is 9.48 Å². The van der Waals surface area contributed by atoms with Crippen LogP contribution in [0.15, 0.2) is 65.1 Å². The average molecular weight is 454 g/mol. The lowest BCUT2D eigenvalue weighted by atomic mass is 10.1. The quantitative estimate of drug-likeness (QED) is 0.453. The van der Waals surface area contributed by atoms with Crippen LogP contribution in [0.2, 0.25) is 0 Å². The Morgan fingerprint density at radius 2 is 1.72 bits per heavy atom. The summed E-state index contributed by atoms with van der Waals surface area (Å²) < 4.78 is 13.5. The molecule has 146 valence electrons. The van der Waals surface area contributed by atoms with Crippen molar-refractivity contribution in [3.05, 3.63) is 76.4 Å². The van der Waals surface area contributed by atoms with E-state index < -0.39 is 5.97 Å². The lowest BCUT2D eigenvalue weighted by molar-refractivity contribution is 0.0687. The van der Waals surface area contributed by atoms with Gasteiger partial charge < -0.3 is 14.6 Å². The van der Waals surface area contributed by atoms with Gasteiger partial charge in [0.1, 0.15) is 11.5 Å².